The SMILES string of the molecule is CCNC(=NCc1cccc(S(=O)(=O)NC)c1)NCc1ccc(C)cc1OC(C)C.I. The molecule has 7 nitrogen and oxygen atoms in total. The summed E-state index contributed by atoms with van der Waals surface area (Å²) in [6.07, 6.45) is 0.0913. The van der Waals surface area contributed by atoms with Crippen molar-refractivity contribution in [2.75, 3.05) is 13.6 Å². The van der Waals surface area contributed by atoms with Crippen LogP contribution in [0.25, 0.3) is 0 Å². The molecule has 0 aliphatic rings. The Bertz CT molecular complexity index is 978. The number of nitrogens with one attached hydrogen (secondary N) is 3. The van der Waals surface area contributed by atoms with Crippen LogP contribution in [0.1, 0.15) is 37.5 Å². The molecule has 2 rings (SSSR count). The van der Waals surface area contributed by atoms with Crippen LogP contribution in [-0.2, 0) is 23.1 Å². The van der Waals surface area contributed by atoms with E-state index in [0.29, 0.717) is 25.6 Å². The second kappa shape index (κ2) is 12.9. The first-order valence-electron chi connectivity index (χ1n) is 10.1. The minimum Gasteiger partial charge on any atom is -0.491 e. The summed E-state index contributed by atoms with van der Waals surface area (Å²) in [5.41, 5.74) is 3.00. The molecule has 0 saturated heterocycles. The fourth-order valence-corrected chi connectivity index (χ4v) is 3.59. The summed E-state index contributed by atoms with van der Waals surface area (Å²) in [6.45, 7) is 9.67. The number of sulfonamides is 1. The number of halogens is 1. The van der Waals surface area contributed by atoms with Gasteiger partial charge in [-0.3, -0.25) is 0 Å². The highest BCUT2D eigenvalue weighted by Gasteiger charge is 2.11. The second-order valence-corrected chi connectivity index (χ2v) is 9.07. The number of aryl methyl sites for hydroxylation is 1. The molecule has 0 radical (unpaired) electrons. The van der Waals surface area contributed by atoms with Crippen molar-refractivity contribution in [2.45, 2.75) is 51.8 Å². The van der Waals surface area contributed by atoms with Gasteiger partial charge in [-0.1, -0.05) is 24.3 Å². The van der Waals surface area contributed by atoms with Crippen molar-refractivity contribution >= 4 is 40.0 Å². The zero-order chi connectivity index (χ0) is 22.1. The van der Waals surface area contributed by atoms with Gasteiger partial charge in [0.05, 0.1) is 17.5 Å². The van der Waals surface area contributed by atoms with Crippen LogP contribution in [0.3, 0.4) is 0 Å². The van der Waals surface area contributed by atoms with E-state index in [9.17, 15) is 8.42 Å². The third-order valence-corrected chi connectivity index (χ3v) is 5.69. The maximum absolute atomic E-state index is 12.0. The zero-order valence-corrected chi connectivity index (χ0v) is 21.9. The topological polar surface area (TPSA) is 91.8 Å². The van der Waals surface area contributed by atoms with Crippen LogP contribution < -0.4 is 20.1 Å². The lowest BCUT2D eigenvalue weighted by atomic mass is 10.1. The van der Waals surface area contributed by atoms with Gasteiger partial charge in [0.25, 0.3) is 0 Å². The number of rotatable bonds is 9. The Labute approximate surface area is 203 Å². The highest BCUT2D eigenvalue weighted by atomic mass is 127. The van der Waals surface area contributed by atoms with Crippen LogP contribution in [0.15, 0.2) is 52.4 Å². The molecule has 0 fully saturated rings. The van der Waals surface area contributed by atoms with Crippen LogP contribution in [0, 0.1) is 6.92 Å². The Balaban J connectivity index is 0.00000480. The molecular formula is C22H33IN4O3S. The fraction of sp³-hybridized carbons (Fsp3) is 0.409. The molecule has 0 unspecified atom stereocenters. The summed E-state index contributed by atoms with van der Waals surface area (Å²) in [7, 11) is -2.08. The van der Waals surface area contributed by atoms with E-state index in [1.807, 2.05) is 39.8 Å². The van der Waals surface area contributed by atoms with Gasteiger partial charge >= 0.3 is 0 Å². The molecule has 31 heavy (non-hydrogen) atoms. The molecule has 0 aliphatic heterocycles. The number of hydrogen-bond donors (Lipinski definition) is 3. The predicted octanol–water partition coefficient (Wildman–Crippen LogP) is 3.56. The van der Waals surface area contributed by atoms with Gasteiger partial charge in [-0.25, -0.2) is 18.1 Å². The Morgan fingerprint density at radius 1 is 1.13 bits per heavy atom. The van der Waals surface area contributed by atoms with E-state index in [4.69, 9.17) is 4.74 Å². The van der Waals surface area contributed by atoms with E-state index < -0.39 is 10.0 Å². The summed E-state index contributed by atoms with van der Waals surface area (Å²) in [5.74, 6) is 1.51. The van der Waals surface area contributed by atoms with E-state index in [0.717, 1.165) is 22.4 Å². The molecule has 3 N–H and O–H groups in total. The van der Waals surface area contributed by atoms with Gasteiger partial charge < -0.3 is 15.4 Å². The highest BCUT2D eigenvalue weighted by molar-refractivity contribution is 14.0. The van der Waals surface area contributed by atoms with Crippen molar-refractivity contribution in [1.29, 1.82) is 0 Å². The van der Waals surface area contributed by atoms with Gasteiger partial charge in [-0.15, -0.1) is 24.0 Å². The molecule has 0 spiro atoms. The maximum Gasteiger partial charge on any atom is 0.240 e. The van der Waals surface area contributed by atoms with Gasteiger partial charge in [0, 0.05) is 18.7 Å². The lowest BCUT2D eigenvalue weighted by Crippen LogP contribution is -2.36. The Morgan fingerprint density at radius 2 is 1.87 bits per heavy atom. The van der Waals surface area contributed by atoms with E-state index in [-0.39, 0.29) is 35.0 Å². The van der Waals surface area contributed by atoms with Crippen LogP contribution in [-0.4, -0.2) is 34.1 Å². The summed E-state index contributed by atoms with van der Waals surface area (Å²) in [4.78, 5) is 4.82. The number of nitrogens with zero attached hydrogens (tertiary/aromatic N) is 1. The van der Waals surface area contributed by atoms with E-state index in [1.54, 1.807) is 18.2 Å². The largest absolute Gasteiger partial charge is 0.491 e. The summed E-state index contributed by atoms with van der Waals surface area (Å²) in [6, 6.07) is 12.9. The molecule has 172 valence electrons. The van der Waals surface area contributed by atoms with Crippen molar-refractivity contribution in [1.82, 2.24) is 15.4 Å². The molecule has 2 aromatic carbocycles. The average Bonchev–Trinajstić information content (AvgIpc) is 2.71. The zero-order valence-electron chi connectivity index (χ0n) is 18.7. The van der Waals surface area contributed by atoms with Crippen molar-refractivity contribution < 1.29 is 13.2 Å². The van der Waals surface area contributed by atoms with Gasteiger partial charge in [-0.2, -0.15) is 0 Å². The Kier molecular flexibility index (Phi) is 11.3. The van der Waals surface area contributed by atoms with Gasteiger partial charge in [-0.05, 0) is 64.1 Å². The third-order valence-electron chi connectivity index (χ3n) is 4.27. The summed E-state index contributed by atoms with van der Waals surface area (Å²) >= 11 is 0. The van der Waals surface area contributed by atoms with Gasteiger partial charge in [0.2, 0.25) is 10.0 Å². The summed E-state index contributed by atoms with van der Waals surface area (Å²) < 4.78 is 32.3. The molecule has 0 aliphatic carbocycles. The standard InChI is InChI=1S/C22H32N4O3S.HI/c1-6-24-22(25-14-18-8-7-9-20(13-18)30(27,28)23-5)26-15-19-11-10-17(4)12-21(19)29-16(2)3;/h7-13,16,23H,6,14-15H2,1-5H3,(H2,24,25,26);1H. The van der Waals surface area contributed by atoms with E-state index in [2.05, 4.69) is 32.5 Å². The Morgan fingerprint density at radius 3 is 2.52 bits per heavy atom. The Hall–Kier alpha value is -1.85. The quantitative estimate of drug-likeness (QED) is 0.248. The second-order valence-electron chi connectivity index (χ2n) is 7.18. The molecule has 0 saturated carbocycles. The molecule has 9 heteroatoms. The average molecular weight is 561 g/mol. The first-order chi connectivity index (χ1) is 14.2. The minimum atomic E-state index is -3.48. The van der Waals surface area contributed by atoms with Crippen molar-refractivity contribution in [3.8, 4) is 5.75 Å². The molecule has 0 bridgehead atoms. The lowest BCUT2D eigenvalue weighted by molar-refractivity contribution is 0.239. The minimum absolute atomic E-state index is 0. The number of aliphatic imine (C=N–C) groups is 1. The first-order valence-corrected chi connectivity index (χ1v) is 11.5. The fourth-order valence-electron chi connectivity index (χ4n) is 2.79. The number of ether oxygens (including phenoxy) is 1. The van der Waals surface area contributed by atoms with Crippen molar-refractivity contribution in [2.24, 2.45) is 4.99 Å². The van der Waals surface area contributed by atoms with Crippen LogP contribution in [0.2, 0.25) is 0 Å². The van der Waals surface area contributed by atoms with E-state index >= 15 is 0 Å². The smallest absolute Gasteiger partial charge is 0.240 e. The van der Waals surface area contributed by atoms with Crippen LogP contribution in [0.5, 0.6) is 5.75 Å². The predicted molar refractivity (Wildman–Crippen MR) is 137 cm³/mol. The van der Waals surface area contributed by atoms with E-state index in [1.165, 1.54) is 7.05 Å². The van der Waals surface area contributed by atoms with Gasteiger partial charge in [0.15, 0.2) is 5.96 Å². The van der Waals surface area contributed by atoms with Crippen LogP contribution in [0.4, 0.5) is 0 Å². The molecule has 0 atom stereocenters. The maximum atomic E-state index is 12.0. The van der Waals surface area contributed by atoms with Gasteiger partial charge in [0.1, 0.15) is 5.75 Å². The first kappa shape index (κ1) is 27.2. The molecule has 0 heterocycles. The number of guanidine groups is 1. The van der Waals surface area contributed by atoms with Crippen molar-refractivity contribution in [3.63, 3.8) is 0 Å². The summed E-state index contributed by atoms with van der Waals surface area (Å²) in [5, 5.41) is 6.54. The highest BCUT2D eigenvalue weighted by Crippen LogP contribution is 2.21. The normalized spacial score (nSPS) is 11.7. The van der Waals surface area contributed by atoms with Crippen molar-refractivity contribution in [3.05, 3.63) is 59.2 Å². The number of hydrogen-bond acceptors (Lipinski definition) is 4. The monoisotopic (exact) mass is 560 g/mol. The molecular weight excluding hydrogens is 527 g/mol. The molecule has 0 aromatic heterocycles. The third kappa shape index (κ3) is 8.66. The molecule has 0 amide bonds. The number of benzene rings is 2. The molecule has 2 aromatic rings. The lowest BCUT2D eigenvalue weighted by Gasteiger charge is -2.17. The van der Waals surface area contributed by atoms with Crippen LogP contribution >= 0.6 is 24.0 Å².